The van der Waals surface area contributed by atoms with Gasteiger partial charge in [-0.15, -0.1) is 0 Å². The van der Waals surface area contributed by atoms with Gasteiger partial charge in [0.1, 0.15) is 29.9 Å². The largest absolute Gasteiger partial charge is 0.236 e. The summed E-state index contributed by atoms with van der Waals surface area (Å²) in [5.74, 6) is 0.398. The summed E-state index contributed by atoms with van der Waals surface area (Å²) >= 11 is 6.02. The maximum Gasteiger partial charge on any atom is 0.156 e. The predicted molar refractivity (Wildman–Crippen MR) is 90.5 cm³/mol. The van der Waals surface area contributed by atoms with Gasteiger partial charge in [-0.05, 0) is 23.8 Å². The van der Waals surface area contributed by atoms with Crippen LogP contribution in [0.15, 0.2) is 30.6 Å². The molecule has 0 saturated heterocycles. The lowest BCUT2D eigenvalue weighted by molar-refractivity contribution is 0.871. The summed E-state index contributed by atoms with van der Waals surface area (Å²) in [6, 6.07) is 8.63. The van der Waals surface area contributed by atoms with Crippen molar-refractivity contribution in [2.45, 2.75) is 0 Å². The van der Waals surface area contributed by atoms with Gasteiger partial charge in [-0.1, -0.05) is 17.1 Å². The lowest BCUT2D eigenvalue weighted by atomic mass is 9.80. The average Bonchev–Trinajstić information content (AvgIpc) is 2.82. The number of nitrogens with zero attached hydrogens (tertiary/aromatic N) is 5. The van der Waals surface area contributed by atoms with Gasteiger partial charge in [-0.3, -0.25) is 0 Å². The van der Waals surface area contributed by atoms with Gasteiger partial charge in [0.05, 0.1) is 17.3 Å². The molecule has 0 N–H and O–H groups in total. The molecule has 0 aliphatic carbocycles. The summed E-state index contributed by atoms with van der Waals surface area (Å²) in [7, 11) is 17.2. The van der Waals surface area contributed by atoms with Gasteiger partial charge in [-0.2, -0.15) is 10.4 Å². The summed E-state index contributed by atoms with van der Waals surface area (Å²) in [5.41, 5.74) is 2.16. The Morgan fingerprint density at radius 1 is 1.09 bits per heavy atom. The third-order valence-electron chi connectivity index (χ3n) is 3.18. The highest BCUT2D eigenvalue weighted by Gasteiger charge is 2.11. The molecule has 0 amide bonds. The van der Waals surface area contributed by atoms with Crippen molar-refractivity contribution in [1.29, 1.82) is 5.26 Å². The van der Waals surface area contributed by atoms with Crippen LogP contribution in [0, 0.1) is 11.3 Å². The van der Waals surface area contributed by atoms with E-state index in [9.17, 15) is 0 Å². The molecule has 6 radical (unpaired) electrons. The number of hydrogen-bond donors (Lipinski definition) is 0. The van der Waals surface area contributed by atoms with Crippen molar-refractivity contribution in [3.05, 3.63) is 41.2 Å². The summed E-state index contributed by atoms with van der Waals surface area (Å²) in [5, 5.41) is 13.5. The Kier molecular flexibility index (Phi) is 3.97. The molecule has 0 spiro atoms. The molecular weight excluding hydrogens is 306 g/mol. The maximum absolute atomic E-state index is 9.04. The minimum absolute atomic E-state index is 0.122. The Hall–Kier alpha value is -2.52. The van der Waals surface area contributed by atoms with Crippen LogP contribution in [0.25, 0.3) is 17.1 Å². The highest BCUT2D eigenvalue weighted by atomic mass is 35.5. The molecule has 2 aromatic heterocycles. The lowest BCUT2D eigenvalue weighted by Gasteiger charge is -2.07. The monoisotopic (exact) mass is 311 g/mol. The van der Waals surface area contributed by atoms with Crippen molar-refractivity contribution in [1.82, 2.24) is 19.7 Å². The van der Waals surface area contributed by atoms with Crippen LogP contribution in [-0.4, -0.2) is 43.3 Å². The van der Waals surface area contributed by atoms with Crippen LogP contribution < -0.4 is 16.6 Å². The molecule has 0 aliphatic heterocycles. The molecule has 3 rings (SSSR count). The van der Waals surface area contributed by atoms with Crippen molar-refractivity contribution in [2.75, 3.05) is 0 Å². The van der Waals surface area contributed by atoms with Gasteiger partial charge in [0, 0.05) is 22.2 Å². The van der Waals surface area contributed by atoms with Crippen molar-refractivity contribution in [2.24, 2.45) is 0 Å². The molecule has 1 aromatic carbocycles. The summed E-state index contributed by atoms with van der Waals surface area (Å²) in [6.07, 6.45) is 1.35. The fourth-order valence-corrected chi connectivity index (χ4v) is 2.29. The Morgan fingerprint density at radius 3 is 2.52 bits per heavy atom. The van der Waals surface area contributed by atoms with E-state index in [-0.39, 0.29) is 16.6 Å². The third-order valence-corrected chi connectivity index (χ3v) is 3.40. The Bertz CT molecular complexity index is 948. The molecular formula is C14H5B3ClN5. The smallest absolute Gasteiger partial charge is 0.156 e. The Balaban J connectivity index is 2.12. The van der Waals surface area contributed by atoms with E-state index in [1.54, 1.807) is 24.3 Å². The molecule has 3 aromatic rings. The SMILES string of the molecule is [B]c1nn(-c2cc(-c3cc(Cl)cc(C#N)c3)ncn2)c([B])c1[B]. The van der Waals surface area contributed by atoms with Crippen molar-refractivity contribution in [3.8, 4) is 23.1 Å². The quantitative estimate of drug-likeness (QED) is 0.583. The molecule has 0 atom stereocenters. The molecule has 0 aliphatic rings. The van der Waals surface area contributed by atoms with Crippen molar-refractivity contribution in [3.63, 3.8) is 0 Å². The van der Waals surface area contributed by atoms with Crippen molar-refractivity contribution < 1.29 is 0 Å². The zero-order chi connectivity index (χ0) is 16.6. The maximum atomic E-state index is 9.04. The number of aromatic nitrogens is 4. The van der Waals surface area contributed by atoms with E-state index in [2.05, 4.69) is 15.1 Å². The van der Waals surface area contributed by atoms with Gasteiger partial charge in [0.2, 0.25) is 0 Å². The fraction of sp³-hybridized carbons (Fsp3) is 0. The van der Waals surface area contributed by atoms with E-state index >= 15 is 0 Å². The van der Waals surface area contributed by atoms with E-state index in [0.717, 1.165) is 0 Å². The van der Waals surface area contributed by atoms with Crippen LogP contribution in [0.2, 0.25) is 5.02 Å². The molecule has 0 bridgehead atoms. The molecule has 5 nitrogen and oxygen atoms in total. The highest BCUT2D eigenvalue weighted by molar-refractivity contribution is 6.56. The van der Waals surface area contributed by atoms with Crippen molar-refractivity contribution >= 4 is 51.8 Å². The normalized spacial score (nSPS) is 10.4. The molecule has 0 unspecified atom stereocenters. The minimum atomic E-state index is 0.122. The van der Waals surface area contributed by atoms with E-state index in [4.69, 9.17) is 40.4 Å². The lowest BCUT2D eigenvalue weighted by Crippen LogP contribution is -2.35. The number of benzene rings is 1. The van der Waals surface area contributed by atoms with Crippen LogP contribution >= 0.6 is 11.6 Å². The van der Waals surface area contributed by atoms with E-state index in [1.165, 1.54) is 11.0 Å². The Labute approximate surface area is 141 Å². The first kappa shape index (κ1) is 15.4. The standard InChI is InChI=1S/C14H5B3ClN5/c15-12-13(16)22-23(14(12)17)11-4-10(20-6-21-11)8-1-7(5-19)2-9(18)3-8/h1-4,6H. The Morgan fingerprint density at radius 2 is 1.87 bits per heavy atom. The number of rotatable bonds is 2. The molecule has 0 fully saturated rings. The van der Waals surface area contributed by atoms with Gasteiger partial charge >= 0.3 is 0 Å². The second-order valence-corrected chi connectivity index (χ2v) is 5.13. The van der Waals surface area contributed by atoms with Gasteiger partial charge < -0.3 is 0 Å². The first-order chi connectivity index (χ1) is 11.0. The zero-order valence-corrected chi connectivity index (χ0v) is 12.5. The highest BCUT2D eigenvalue weighted by Crippen LogP contribution is 2.23. The minimum Gasteiger partial charge on any atom is -0.236 e. The first-order valence-corrected chi connectivity index (χ1v) is 6.80. The van der Waals surface area contributed by atoms with E-state index in [1.807, 2.05) is 6.07 Å². The number of halogens is 1. The van der Waals surface area contributed by atoms with Crippen LogP contribution in [0.1, 0.15) is 5.56 Å². The summed E-state index contributed by atoms with van der Waals surface area (Å²) in [6.45, 7) is 0. The van der Waals surface area contributed by atoms with Gasteiger partial charge in [0.15, 0.2) is 5.82 Å². The molecule has 102 valence electrons. The molecule has 2 heterocycles. The fourth-order valence-electron chi connectivity index (χ4n) is 2.06. The van der Waals surface area contributed by atoms with Gasteiger partial charge in [-0.25, -0.2) is 14.6 Å². The molecule has 23 heavy (non-hydrogen) atoms. The second-order valence-electron chi connectivity index (χ2n) is 4.70. The van der Waals surface area contributed by atoms with E-state index in [0.29, 0.717) is 27.7 Å². The van der Waals surface area contributed by atoms with E-state index < -0.39 is 0 Å². The number of nitriles is 1. The van der Waals surface area contributed by atoms with Gasteiger partial charge in [0.25, 0.3) is 0 Å². The second kappa shape index (κ2) is 5.94. The average molecular weight is 311 g/mol. The van der Waals surface area contributed by atoms with Crippen LogP contribution in [0.4, 0.5) is 0 Å². The summed E-state index contributed by atoms with van der Waals surface area (Å²) < 4.78 is 1.32. The third kappa shape index (κ3) is 2.88. The summed E-state index contributed by atoms with van der Waals surface area (Å²) in [4.78, 5) is 8.30. The van der Waals surface area contributed by atoms with Crippen LogP contribution in [0.5, 0.6) is 0 Å². The molecule has 9 heteroatoms. The van der Waals surface area contributed by atoms with Crippen LogP contribution in [0.3, 0.4) is 0 Å². The zero-order valence-electron chi connectivity index (χ0n) is 11.7. The number of hydrogen-bond acceptors (Lipinski definition) is 4. The topological polar surface area (TPSA) is 67.4 Å². The predicted octanol–water partition coefficient (Wildman–Crippen LogP) is -0.764. The molecule has 0 saturated carbocycles. The first-order valence-electron chi connectivity index (χ1n) is 6.42. The van der Waals surface area contributed by atoms with Crippen LogP contribution in [-0.2, 0) is 0 Å².